The molecule has 0 aromatic heterocycles. The molecule has 0 radical (unpaired) electrons. The number of aliphatic imine (C=N–C) groups is 1. The third-order valence-electron chi connectivity index (χ3n) is 11.8. The minimum absolute atomic E-state index is 0.0949. The largest absolute Gasteiger partial charge is 0.393 e. The van der Waals surface area contributed by atoms with E-state index in [0.29, 0.717) is 39.5 Å². The zero-order chi connectivity index (χ0) is 28.7. The Kier molecular flexibility index (Phi) is 6.64. The molecule has 2 aliphatic heterocycles. The highest BCUT2D eigenvalue weighted by atomic mass is 32.2. The van der Waals surface area contributed by atoms with E-state index in [4.69, 9.17) is 5.10 Å². The molecular formula is C32H41N3O4S2. The number of hydrazone groups is 1. The zero-order valence-electron chi connectivity index (χ0n) is 24.3. The number of hydrogen-bond donors (Lipinski definition) is 1. The summed E-state index contributed by atoms with van der Waals surface area (Å²) in [6.45, 7) is 5.00. The van der Waals surface area contributed by atoms with Crippen LogP contribution in [0.3, 0.4) is 0 Å². The van der Waals surface area contributed by atoms with Crippen molar-refractivity contribution < 1.29 is 18.3 Å². The molecule has 8 atom stereocenters. The molecule has 1 aromatic carbocycles. The number of carbonyl (C=O) groups excluding carboxylic acids is 1. The predicted octanol–water partition coefficient (Wildman–Crippen LogP) is 5.76. The van der Waals surface area contributed by atoms with Gasteiger partial charge in [0.2, 0.25) is 0 Å². The van der Waals surface area contributed by atoms with Crippen molar-refractivity contribution in [2.45, 2.75) is 88.7 Å². The van der Waals surface area contributed by atoms with Crippen LogP contribution in [0.5, 0.6) is 0 Å². The molecule has 0 saturated heterocycles. The summed E-state index contributed by atoms with van der Waals surface area (Å²) < 4.78 is 24.2. The van der Waals surface area contributed by atoms with Crippen molar-refractivity contribution in [3.63, 3.8) is 0 Å². The summed E-state index contributed by atoms with van der Waals surface area (Å²) in [6, 6.07) is 7.06. The molecule has 0 spiro atoms. The second-order valence-corrected chi connectivity index (χ2v) is 16.9. The monoisotopic (exact) mass is 595 g/mol. The second-order valence-electron chi connectivity index (χ2n) is 13.9. The number of sulfone groups is 1. The fourth-order valence-corrected chi connectivity index (χ4v) is 11.1. The number of aliphatic hydroxyl groups is 1. The molecule has 3 saturated carbocycles. The smallest absolute Gasteiger partial charge is 0.258 e. The first-order valence-corrected chi connectivity index (χ1v) is 18.1. The third kappa shape index (κ3) is 4.48. The van der Waals surface area contributed by atoms with Crippen molar-refractivity contribution in [1.82, 2.24) is 5.01 Å². The molecule has 2 heterocycles. The topological polar surface area (TPSA) is 99.4 Å². The van der Waals surface area contributed by atoms with Gasteiger partial charge in [0.1, 0.15) is 0 Å². The van der Waals surface area contributed by atoms with E-state index in [9.17, 15) is 18.3 Å². The van der Waals surface area contributed by atoms with Crippen LogP contribution in [-0.2, 0) is 14.6 Å². The summed E-state index contributed by atoms with van der Waals surface area (Å²) in [4.78, 5) is 16.7. The van der Waals surface area contributed by atoms with Gasteiger partial charge in [-0.3, -0.25) is 4.79 Å². The number of amides is 1. The normalized spacial score (nSPS) is 40.4. The van der Waals surface area contributed by atoms with Crippen molar-refractivity contribution in [2.24, 2.45) is 44.6 Å². The first-order chi connectivity index (χ1) is 19.5. The fraction of sp³-hybridized carbons (Fsp3) is 0.656. The highest BCUT2D eigenvalue weighted by molar-refractivity contribution is 8.14. The SMILES string of the molecule is C[C@]12CC[C@H]3[C@@H](CC=C4C[C@@H](O)CC[C@@]43C)[C@@H]1CC[C@@H]2C1=NN(C2=NC(=O)CS2)C(c2ccc(S(C)(=O)=O)cc2)C1. The molecule has 6 aliphatic rings. The summed E-state index contributed by atoms with van der Waals surface area (Å²) in [5.74, 6) is 2.66. The Bertz CT molecular complexity index is 1470. The average molecular weight is 596 g/mol. The maximum absolute atomic E-state index is 12.1. The van der Waals surface area contributed by atoms with Gasteiger partial charge in [-0.1, -0.05) is 49.4 Å². The summed E-state index contributed by atoms with van der Waals surface area (Å²) in [5, 5.41) is 18.2. The lowest BCUT2D eigenvalue weighted by atomic mass is 9.47. The first-order valence-electron chi connectivity index (χ1n) is 15.3. The minimum atomic E-state index is -3.28. The van der Waals surface area contributed by atoms with Gasteiger partial charge >= 0.3 is 0 Å². The average Bonchev–Trinajstić information content (AvgIpc) is 3.64. The van der Waals surface area contributed by atoms with Crippen molar-refractivity contribution >= 4 is 38.4 Å². The zero-order valence-corrected chi connectivity index (χ0v) is 25.9. The first kappa shape index (κ1) is 27.8. The van der Waals surface area contributed by atoms with E-state index in [1.807, 2.05) is 17.1 Å². The van der Waals surface area contributed by atoms with Gasteiger partial charge in [-0.15, -0.1) is 0 Å². The van der Waals surface area contributed by atoms with E-state index in [0.717, 1.165) is 44.1 Å². The van der Waals surface area contributed by atoms with Gasteiger partial charge in [-0.05, 0) is 97.6 Å². The molecule has 41 heavy (non-hydrogen) atoms. The van der Waals surface area contributed by atoms with E-state index in [-0.39, 0.29) is 28.9 Å². The molecule has 9 heteroatoms. The van der Waals surface area contributed by atoms with Crippen LogP contribution in [-0.4, -0.2) is 53.4 Å². The number of fused-ring (bicyclic) bond motifs is 5. The Morgan fingerprint density at radius 2 is 1.80 bits per heavy atom. The van der Waals surface area contributed by atoms with Crippen LogP contribution in [0.1, 0.15) is 83.2 Å². The fourth-order valence-electron chi connectivity index (χ4n) is 9.72. The Hall–Kier alpha value is -1.97. The maximum atomic E-state index is 12.1. The van der Waals surface area contributed by atoms with Crippen LogP contribution >= 0.6 is 11.8 Å². The van der Waals surface area contributed by atoms with Crippen molar-refractivity contribution in [1.29, 1.82) is 0 Å². The van der Waals surface area contributed by atoms with E-state index in [1.165, 1.54) is 48.6 Å². The number of carbonyl (C=O) groups is 1. The third-order valence-corrected chi connectivity index (χ3v) is 13.9. The number of hydrogen-bond acceptors (Lipinski definition) is 7. The summed E-state index contributed by atoms with van der Waals surface area (Å²) >= 11 is 1.44. The van der Waals surface area contributed by atoms with Crippen LogP contribution in [0.2, 0.25) is 0 Å². The number of aliphatic hydroxyl groups excluding tert-OH is 1. The Labute approximate surface area is 247 Å². The molecule has 1 unspecified atom stereocenters. The lowest BCUT2D eigenvalue weighted by Crippen LogP contribution is -2.51. The van der Waals surface area contributed by atoms with Crippen LogP contribution in [0, 0.1) is 34.5 Å². The molecule has 1 aromatic rings. The van der Waals surface area contributed by atoms with Crippen molar-refractivity contribution in [3.8, 4) is 0 Å². The number of benzene rings is 1. The summed E-state index contributed by atoms with van der Waals surface area (Å²) in [5.41, 5.74) is 4.15. The number of amidine groups is 1. The predicted molar refractivity (Wildman–Crippen MR) is 162 cm³/mol. The Balaban J connectivity index is 1.18. The molecule has 1 N–H and O–H groups in total. The van der Waals surface area contributed by atoms with Gasteiger partial charge in [0.05, 0.1) is 22.8 Å². The van der Waals surface area contributed by atoms with E-state index in [1.54, 1.807) is 12.1 Å². The molecule has 7 rings (SSSR count). The Morgan fingerprint density at radius 3 is 2.51 bits per heavy atom. The van der Waals surface area contributed by atoms with Crippen LogP contribution in [0.15, 0.2) is 50.9 Å². The van der Waals surface area contributed by atoms with Crippen molar-refractivity contribution in [3.05, 3.63) is 41.5 Å². The standard InChI is InChI=1S/C32H41N3O4S2/c1-31-14-12-21(36)16-20(31)6-9-23-24-10-11-26(32(24,2)15-13-25(23)31)27-17-28(35(34-27)30-33-29(37)18-40-30)19-4-7-22(8-5-19)41(3,38)39/h4-8,21,23-26,28,36H,9-18H2,1-3H3/t21-,23-,24-,25-,26+,28?,31-,32-/m0/s1. The van der Waals surface area contributed by atoms with E-state index < -0.39 is 9.84 Å². The second kappa shape index (κ2) is 9.78. The molecule has 4 aliphatic carbocycles. The van der Waals surface area contributed by atoms with Crippen LogP contribution in [0.25, 0.3) is 0 Å². The van der Waals surface area contributed by atoms with E-state index in [2.05, 4.69) is 24.9 Å². The van der Waals surface area contributed by atoms with Gasteiger partial charge in [0, 0.05) is 24.3 Å². The van der Waals surface area contributed by atoms with Gasteiger partial charge in [0.25, 0.3) is 5.91 Å². The number of nitrogens with zero attached hydrogens (tertiary/aromatic N) is 3. The minimum Gasteiger partial charge on any atom is -0.393 e. The lowest BCUT2D eigenvalue weighted by molar-refractivity contribution is -0.115. The molecular weight excluding hydrogens is 555 g/mol. The molecule has 7 nitrogen and oxygen atoms in total. The highest BCUT2D eigenvalue weighted by Crippen LogP contribution is 2.67. The molecule has 3 fully saturated rings. The van der Waals surface area contributed by atoms with E-state index >= 15 is 0 Å². The van der Waals surface area contributed by atoms with Gasteiger partial charge < -0.3 is 5.11 Å². The molecule has 1 amide bonds. The summed E-state index contributed by atoms with van der Waals surface area (Å²) in [7, 11) is -3.28. The van der Waals surface area contributed by atoms with Crippen LogP contribution in [0.4, 0.5) is 0 Å². The van der Waals surface area contributed by atoms with Crippen LogP contribution < -0.4 is 0 Å². The molecule has 0 bridgehead atoms. The van der Waals surface area contributed by atoms with Gasteiger partial charge in [0.15, 0.2) is 15.0 Å². The van der Waals surface area contributed by atoms with Gasteiger partial charge in [-0.2, -0.15) is 10.1 Å². The maximum Gasteiger partial charge on any atom is 0.258 e. The molecule has 220 valence electrons. The number of rotatable bonds is 3. The Morgan fingerprint density at radius 1 is 1.02 bits per heavy atom. The number of allylic oxidation sites excluding steroid dienone is 1. The number of thioether (sulfide) groups is 1. The van der Waals surface area contributed by atoms with Crippen molar-refractivity contribution in [2.75, 3.05) is 12.0 Å². The summed E-state index contributed by atoms with van der Waals surface area (Å²) in [6.07, 6.45) is 13.2. The lowest BCUT2D eigenvalue weighted by Gasteiger charge is -2.58. The quantitative estimate of drug-likeness (QED) is 0.446. The highest BCUT2D eigenvalue weighted by Gasteiger charge is 2.60. The van der Waals surface area contributed by atoms with Gasteiger partial charge in [-0.25, -0.2) is 13.4 Å².